The van der Waals surface area contributed by atoms with Gasteiger partial charge in [0.15, 0.2) is 5.57 Å². The maximum absolute atomic E-state index is 13.3. The van der Waals surface area contributed by atoms with Gasteiger partial charge in [0.2, 0.25) is 0 Å². The molecule has 1 aromatic heterocycles. The SMILES string of the molecule is Cc1cccc(C)c1-n1c(=C(C#N)C(N)=O)sc(=Cc2c(Cl)cccc2Cl)c1=O. The van der Waals surface area contributed by atoms with Crippen LogP contribution in [0.4, 0.5) is 0 Å². The van der Waals surface area contributed by atoms with E-state index in [-0.39, 0.29) is 14.8 Å². The molecule has 0 saturated heterocycles. The van der Waals surface area contributed by atoms with Gasteiger partial charge in [0.05, 0.1) is 10.2 Å². The van der Waals surface area contributed by atoms with Crippen molar-refractivity contribution in [3.63, 3.8) is 0 Å². The molecule has 0 radical (unpaired) electrons. The summed E-state index contributed by atoms with van der Waals surface area (Å²) in [6.45, 7) is 3.70. The zero-order valence-corrected chi connectivity index (χ0v) is 17.8. The number of aromatic nitrogens is 1. The van der Waals surface area contributed by atoms with E-state index >= 15 is 0 Å². The fraction of sp³-hybridized carbons (Fsp3) is 0.0952. The van der Waals surface area contributed by atoms with E-state index in [2.05, 4.69) is 0 Å². The topological polar surface area (TPSA) is 88.9 Å². The molecule has 0 unspecified atom stereocenters. The van der Waals surface area contributed by atoms with Gasteiger partial charge in [-0.25, -0.2) is 0 Å². The average Bonchev–Trinajstić information content (AvgIpc) is 2.95. The molecule has 0 aliphatic heterocycles. The zero-order valence-electron chi connectivity index (χ0n) is 15.5. The molecular weight excluding hydrogens is 429 g/mol. The lowest BCUT2D eigenvalue weighted by atomic mass is 10.1. The van der Waals surface area contributed by atoms with Gasteiger partial charge in [-0.15, -0.1) is 11.3 Å². The summed E-state index contributed by atoms with van der Waals surface area (Å²) in [6, 6.07) is 12.4. The van der Waals surface area contributed by atoms with E-state index in [1.807, 2.05) is 38.1 Å². The summed E-state index contributed by atoms with van der Waals surface area (Å²) in [7, 11) is 0. The van der Waals surface area contributed by atoms with Crippen molar-refractivity contribution in [3.05, 3.63) is 82.7 Å². The minimum Gasteiger partial charge on any atom is -0.365 e. The number of thiazole rings is 1. The Morgan fingerprint density at radius 3 is 2.21 bits per heavy atom. The Morgan fingerprint density at radius 1 is 1.14 bits per heavy atom. The van der Waals surface area contributed by atoms with Crippen molar-refractivity contribution in [1.29, 1.82) is 5.26 Å². The number of para-hydroxylation sites is 1. The van der Waals surface area contributed by atoms with Crippen LogP contribution in [-0.2, 0) is 4.79 Å². The predicted molar refractivity (Wildman–Crippen MR) is 117 cm³/mol. The smallest absolute Gasteiger partial charge is 0.273 e. The molecule has 0 fully saturated rings. The van der Waals surface area contributed by atoms with Crippen LogP contribution in [-0.4, -0.2) is 10.5 Å². The van der Waals surface area contributed by atoms with Crippen LogP contribution < -0.4 is 20.5 Å². The fourth-order valence-electron chi connectivity index (χ4n) is 3.00. The van der Waals surface area contributed by atoms with Gasteiger partial charge in [-0.3, -0.25) is 14.2 Å². The number of amides is 1. The van der Waals surface area contributed by atoms with E-state index in [9.17, 15) is 14.9 Å². The highest BCUT2D eigenvalue weighted by Crippen LogP contribution is 2.24. The number of nitrogens with two attached hydrogens (primary N) is 1. The number of primary amides is 1. The molecule has 2 aromatic carbocycles. The Labute approximate surface area is 180 Å². The molecule has 29 heavy (non-hydrogen) atoms. The Kier molecular flexibility index (Phi) is 5.94. The minimum atomic E-state index is -0.906. The van der Waals surface area contributed by atoms with Gasteiger partial charge < -0.3 is 5.73 Å². The first kappa shape index (κ1) is 20.9. The van der Waals surface area contributed by atoms with E-state index in [0.717, 1.165) is 22.5 Å². The third kappa shape index (κ3) is 3.85. The first-order chi connectivity index (χ1) is 13.8. The van der Waals surface area contributed by atoms with Gasteiger partial charge in [-0.1, -0.05) is 47.5 Å². The molecule has 1 heterocycles. The van der Waals surface area contributed by atoms with Crippen LogP contribution >= 0.6 is 34.5 Å². The van der Waals surface area contributed by atoms with E-state index < -0.39 is 11.5 Å². The van der Waals surface area contributed by atoms with E-state index in [1.165, 1.54) is 4.57 Å². The summed E-state index contributed by atoms with van der Waals surface area (Å²) in [6.07, 6.45) is 1.56. The Balaban J connectivity index is 2.54. The highest BCUT2D eigenvalue weighted by Gasteiger charge is 2.17. The summed E-state index contributed by atoms with van der Waals surface area (Å²) in [5, 5.41) is 10.2. The van der Waals surface area contributed by atoms with Crippen LogP contribution in [0.2, 0.25) is 10.0 Å². The Morgan fingerprint density at radius 2 is 1.69 bits per heavy atom. The standard InChI is InChI=1S/C21H15Cl2N3O2S/c1-11-5-3-6-12(2)18(11)26-20(28)17(29-21(26)14(10-24)19(25)27)9-13-15(22)7-4-8-16(13)23/h3-9H,1-2H3,(H2,25,27). The molecule has 146 valence electrons. The van der Waals surface area contributed by atoms with Gasteiger partial charge in [0.25, 0.3) is 11.5 Å². The molecule has 0 atom stereocenters. The number of nitriles is 1. The van der Waals surface area contributed by atoms with Crippen molar-refractivity contribution >= 4 is 52.1 Å². The number of aryl methyl sites for hydroxylation is 2. The molecule has 3 aromatic rings. The zero-order chi connectivity index (χ0) is 21.3. The summed E-state index contributed by atoms with van der Waals surface area (Å²) < 4.78 is 1.79. The highest BCUT2D eigenvalue weighted by atomic mass is 35.5. The molecule has 0 aliphatic carbocycles. The molecule has 5 nitrogen and oxygen atoms in total. The maximum atomic E-state index is 13.3. The van der Waals surface area contributed by atoms with Crippen molar-refractivity contribution in [2.45, 2.75) is 13.8 Å². The summed E-state index contributed by atoms with van der Waals surface area (Å²) >= 11 is 13.5. The number of carbonyl (C=O) groups is 1. The lowest BCUT2D eigenvalue weighted by Crippen LogP contribution is -2.33. The predicted octanol–water partition coefficient (Wildman–Crippen LogP) is 2.81. The Bertz CT molecular complexity index is 1320. The second kappa shape index (κ2) is 8.26. The third-order valence-corrected chi connectivity index (χ3v) is 6.09. The van der Waals surface area contributed by atoms with E-state index in [4.69, 9.17) is 28.9 Å². The lowest BCUT2D eigenvalue weighted by molar-refractivity contribution is -0.112. The number of hydrogen-bond acceptors (Lipinski definition) is 4. The fourth-order valence-corrected chi connectivity index (χ4v) is 4.58. The molecular formula is C21H15Cl2N3O2S. The largest absolute Gasteiger partial charge is 0.365 e. The number of nitrogens with zero attached hydrogens (tertiary/aromatic N) is 2. The van der Waals surface area contributed by atoms with Gasteiger partial charge >= 0.3 is 0 Å². The first-order valence-electron chi connectivity index (χ1n) is 8.44. The molecule has 0 bridgehead atoms. The number of carbonyl (C=O) groups excluding carboxylic acids is 1. The molecule has 8 heteroatoms. The molecule has 2 N–H and O–H groups in total. The quantitative estimate of drug-likeness (QED) is 0.674. The molecule has 0 saturated carbocycles. The molecule has 0 aliphatic rings. The summed E-state index contributed by atoms with van der Waals surface area (Å²) in [4.78, 5) is 25.2. The van der Waals surface area contributed by atoms with Crippen LogP contribution in [0.5, 0.6) is 0 Å². The summed E-state index contributed by atoms with van der Waals surface area (Å²) in [5.41, 5.74) is 7.42. The summed E-state index contributed by atoms with van der Waals surface area (Å²) in [5.74, 6) is -0.906. The number of rotatable bonds is 3. The van der Waals surface area contributed by atoms with Crippen molar-refractivity contribution in [2.75, 3.05) is 0 Å². The van der Waals surface area contributed by atoms with Crippen molar-refractivity contribution in [2.24, 2.45) is 5.73 Å². The number of benzene rings is 2. The Hall–Kier alpha value is -2.85. The van der Waals surface area contributed by atoms with Crippen LogP contribution in [0.1, 0.15) is 16.7 Å². The minimum absolute atomic E-state index is 0.164. The highest BCUT2D eigenvalue weighted by molar-refractivity contribution is 7.07. The molecule has 0 spiro atoms. The van der Waals surface area contributed by atoms with Crippen molar-refractivity contribution in [3.8, 4) is 11.8 Å². The average molecular weight is 444 g/mol. The molecule has 3 rings (SSSR count). The second-order valence-electron chi connectivity index (χ2n) is 6.28. The van der Waals surface area contributed by atoms with E-state index in [1.54, 1.807) is 24.3 Å². The lowest BCUT2D eigenvalue weighted by Gasteiger charge is -2.10. The molecule has 1 amide bonds. The van der Waals surface area contributed by atoms with Gasteiger partial charge in [-0.05, 0) is 43.2 Å². The second-order valence-corrected chi connectivity index (χ2v) is 8.13. The number of halogens is 2. The van der Waals surface area contributed by atoms with E-state index in [0.29, 0.717) is 21.3 Å². The van der Waals surface area contributed by atoms with Gasteiger partial charge in [0.1, 0.15) is 10.7 Å². The number of hydrogen-bond donors (Lipinski definition) is 1. The van der Waals surface area contributed by atoms with Crippen LogP contribution in [0.15, 0.2) is 41.2 Å². The first-order valence-corrected chi connectivity index (χ1v) is 10.0. The van der Waals surface area contributed by atoms with Crippen LogP contribution in [0.25, 0.3) is 17.3 Å². The van der Waals surface area contributed by atoms with Crippen LogP contribution in [0.3, 0.4) is 0 Å². The van der Waals surface area contributed by atoms with Gasteiger partial charge in [0, 0.05) is 15.6 Å². The monoisotopic (exact) mass is 443 g/mol. The van der Waals surface area contributed by atoms with Crippen molar-refractivity contribution in [1.82, 2.24) is 4.57 Å². The maximum Gasteiger partial charge on any atom is 0.273 e. The van der Waals surface area contributed by atoms with Crippen LogP contribution in [0, 0.1) is 25.2 Å². The third-order valence-electron chi connectivity index (χ3n) is 4.33. The van der Waals surface area contributed by atoms with Gasteiger partial charge in [-0.2, -0.15) is 5.26 Å². The van der Waals surface area contributed by atoms with Crippen molar-refractivity contribution < 1.29 is 4.79 Å². The normalized spacial score (nSPS) is 12.6.